The Labute approximate surface area is 174 Å². The first kappa shape index (κ1) is 21.3. The van der Waals surface area contributed by atoms with Crippen LogP contribution in [0.25, 0.3) is 11.1 Å². The van der Waals surface area contributed by atoms with E-state index in [0.29, 0.717) is 11.1 Å². The Hall–Kier alpha value is -3.45. The highest BCUT2D eigenvalue weighted by Gasteiger charge is 2.53. The number of amides is 1. The van der Waals surface area contributed by atoms with Crippen LogP contribution < -0.4 is 5.32 Å². The minimum absolute atomic E-state index is 0.0148. The van der Waals surface area contributed by atoms with Gasteiger partial charge in [-0.3, -0.25) is 9.59 Å². The van der Waals surface area contributed by atoms with Gasteiger partial charge in [0.2, 0.25) is 0 Å². The normalized spacial score (nSPS) is 18.7. The molecule has 1 unspecified atom stereocenters. The molecule has 1 amide bonds. The van der Waals surface area contributed by atoms with Crippen molar-refractivity contribution < 1.29 is 29.0 Å². The lowest BCUT2D eigenvalue weighted by Crippen LogP contribution is -2.50. The minimum atomic E-state index is -2.59. The standard InChI is InChI=1S/C23H23NO6/c1-22(2,3)29-17(25)14-24-21(27)23(28)19(16-12-8-5-9-13-16)18(20(26)30-23)15-10-6-4-7-11-15/h4-13,28H,14H2,1-3H3,(H,24,27). The molecule has 0 fully saturated rings. The maximum atomic E-state index is 12.9. The van der Waals surface area contributed by atoms with Crippen LogP contribution in [0.4, 0.5) is 0 Å². The fourth-order valence-electron chi connectivity index (χ4n) is 3.13. The summed E-state index contributed by atoms with van der Waals surface area (Å²) >= 11 is 0. The summed E-state index contributed by atoms with van der Waals surface area (Å²) in [7, 11) is 0. The highest BCUT2D eigenvalue weighted by molar-refractivity contribution is 6.31. The fraction of sp³-hybridized carbons (Fsp3) is 0.261. The molecule has 0 spiro atoms. The van der Waals surface area contributed by atoms with Crippen molar-refractivity contribution in [3.05, 3.63) is 71.8 Å². The van der Waals surface area contributed by atoms with Gasteiger partial charge in [-0.15, -0.1) is 0 Å². The summed E-state index contributed by atoms with van der Waals surface area (Å²) in [6.07, 6.45) is 0. The van der Waals surface area contributed by atoms with E-state index < -0.39 is 35.8 Å². The SMILES string of the molecule is CC(C)(C)OC(=O)CNC(=O)C1(O)OC(=O)C(c2ccccc2)=C1c1ccccc1. The Balaban J connectivity index is 1.98. The van der Waals surface area contributed by atoms with E-state index in [1.54, 1.807) is 81.4 Å². The molecule has 3 rings (SSSR count). The number of ether oxygens (including phenoxy) is 2. The van der Waals surface area contributed by atoms with Crippen LogP contribution in [-0.2, 0) is 23.9 Å². The summed E-state index contributed by atoms with van der Waals surface area (Å²) in [5, 5.41) is 13.5. The summed E-state index contributed by atoms with van der Waals surface area (Å²) in [5.74, 6) is -5.15. The van der Waals surface area contributed by atoms with E-state index in [4.69, 9.17) is 9.47 Å². The molecule has 0 saturated heterocycles. The van der Waals surface area contributed by atoms with E-state index in [0.717, 1.165) is 0 Å². The Kier molecular flexibility index (Phi) is 5.75. The second-order valence-electron chi connectivity index (χ2n) is 7.78. The predicted octanol–water partition coefficient (Wildman–Crippen LogP) is 2.30. The monoisotopic (exact) mass is 409 g/mol. The number of esters is 2. The van der Waals surface area contributed by atoms with Gasteiger partial charge in [0, 0.05) is 0 Å². The van der Waals surface area contributed by atoms with E-state index in [-0.39, 0.29) is 11.1 Å². The van der Waals surface area contributed by atoms with Gasteiger partial charge < -0.3 is 19.9 Å². The van der Waals surface area contributed by atoms with Gasteiger partial charge in [-0.05, 0) is 31.9 Å². The first-order valence-corrected chi connectivity index (χ1v) is 9.43. The molecule has 1 atom stereocenters. The highest BCUT2D eigenvalue weighted by atomic mass is 16.7. The lowest BCUT2D eigenvalue weighted by molar-refractivity contribution is -0.185. The zero-order chi connectivity index (χ0) is 21.9. The molecule has 1 heterocycles. The molecular formula is C23H23NO6. The third-order valence-corrected chi connectivity index (χ3v) is 4.28. The molecule has 7 heteroatoms. The Morgan fingerprint density at radius 1 is 1.00 bits per heavy atom. The topological polar surface area (TPSA) is 102 Å². The molecule has 2 aromatic carbocycles. The first-order valence-electron chi connectivity index (χ1n) is 9.43. The van der Waals surface area contributed by atoms with Gasteiger partial charge in [0.1, 0.15) is 12.1 Å². The Morgan fingerprint density at radius 2 is 1.53 bits per heavy atom. The largest absolute Gasteiger partial charge is 0.459 e. The lowest BCUT2D eigenvalue weighted by Gasteiger charge is -2.24. The average molecular weight is 409 g/mol. The molecule has 0 aliphatic carbocycles. The van der Waals surface area contributed by atoms with Gasteiger partial charge >= 0.3 is 17.7 Å². The Bertz CT molecular complexity index is 991. The number of carbonyl (C=O) groups is 3. The van der Waals surface area contributed by atoms with E-state index in [9.17, 15) is 19.5 Å². The van der Waals surface area contributed by atoms with E-state index in [1.807, 2.05) is 0 Å². The fourth-order valence-corrected chi connectivity index (χ4v) is 3.13. The van der Waals surface area contributed by atoms with Crippen molar-refractivity contribution in [2.24, 2.45) is 0 Å². The first-order chi connectivity index (χ1) is 14.1. The van der Waals surface area contributed by atoms with Crippen LogP contribution in [0.15, 0.2) is 60.7 Å². The number of carbonyl (C=O) groups excluding carboxylic acids is 3. The summed E-state index contributed by atoms with van der Waals surface area (Å²) in [4.78, 5) is 37.5. The number of aliphatic hydroxyl groups is 1. The molecule has 0 bridgehead atoms. The van der Waals surface area contributed by atoms with Crippen LogP contribution >= 0.6 is 0 Å². The second-order valence-corrected chi connectivity index (χ2v) is 7.78. The molecule has 156 valence electrons. The van der Waals surface area contributed by atoms with Crippen LogP contribution in [0.1, 0.15) is 31.9 Å². The summed E-state index contributed by atoms with van der Waals surface area (Å²) in [6, 6.07) is 17.1. The maximum Gasteiger partial charge on any atom is 0.342 e. The lowest BCUT2D eigenvalue weighted by atomic mass is 9.90. The van der Waals surface area contributed by atoms with Crippen LogP contribution in [0.5, 0.6) is 0 Å². The van der Waals surface area contributed by atoms with Gasteiger partial charge in [-0.1, -0.05) is 60.7 Å². The van der Waals surface area contributed by atoms with E-state index in [1.165, 1.54) is 0 Å². The quantitative estimate of drug-likeness (QED) is 0.735. The molecule has 1 aliphatic heterocycles. The number of rotatable bonds is 5. The van der Waals surface area contributed by atoms with Crippen molar-refractivity contribution in [3.63, 3.8) is 0 Å². The summed E-state index contributed by atoms with van der Waals surface area (Å²) < 4.78 is 10.3. The van der Waals surface area contributed by atoms with Gasteiger partial charge in [-0.25, -0.2) is 4.79 Å². The van der Waals surface area contributed by atoms with E-state index >= 15 is 0 Å². The molecular weight excluding hydrogens is 386 g/mol. The zero-order valence-electron chi connectivity index (χ0n) is 17.0. The van der Waals surface area contributed by atoms with Crippen molar-refractivity contribution in [1.29, 1.82) is 0 Å². The molecule has 7 nitrogen and oxygen atoms in total. The predicted molar refractivity (Wildman–Crippen MR) is 110 cm³/mol. The summed E-state index contributed by atoms with van der Waals surface area (Å²) in [5.41, 5.74) is 0.306. The highest BCUT2D eigenvalue weighted by Crippen LogP contribution is 2.42. The van der Waals surface area contributed by atoms with Crippen molar-refractivity contribution in [1.82, 2.24) is 5.32 Å². The zero-order valence-corrected chi connectivity index (χ0v) is 17.0. The molecule has 1 aliphatic rings. The van der Waals surface area contributed by atoms with Crippen molar-refractivity contribution in [2.45, 2.75) is 32.2 Å². The maximum absolute atomic E-state index is 12.9. The average Bonchev–Trinajstić information content (AvgIpc) is 2.97. The number of hydrogen-bond acceptors (Lipinski definition) is 6. The smallest absolute Gasteiger partial charge is 0.342 e. The van der Waals surface area contributed by atoms with Gasteiger partial charge in [0.15, 0.2) is 0 Å². The summed E-state index contributed by atoms with van der Waals surface area (Å²) in [6.45, 7) is 4.60. The molecule has 0 saturated carbocycles. The van der Waals surface area contributed by atoms with Crippen LogP contribution in [0, 0.1) is 0 Å². The van der Waals surface area contributed by atoms with E-state index in [2.05, 4.69) is 5.32 Å². The van der Waals surface area contributed by atoms with Crippen LogP contribution in [-0.4, -0.2) is 40.9 Å². The van der Waals surface area contributed by atoms with Gasteiger partial charge in [0.25, 0.3) is 5.91 Å². The second kappa shape index (κ2) is 8.12. The van der Waals surface area contributed by atoms with Gasteiger partial charge in [0.05, 0.1) is 11.1 Å². The molecule has 0 aromatic heterocycles. The van der Waals surface area contributed by atoms with Crippen molar-refractivity contribution in [3.8, 4) is 0 Å². The van der Waals surface area contributed by atoms with Crippen molar-refractivity contribution in [2.75, 3.05) is 6.54 Å². The Morgan fingerprint density at radius 3 is 2.07 bits per heavy atom. The molecule has 30 heavy (non-hydrogen) atoms. The number of cyclic esters (lactones) is 1. The van der Waals surface area contributed by atoms with Crippen molar-refractivity contribution >= 4 is 29.0 Å². The molecule has 2 aromatic rings. The van der Waals surface area contributed by atoms with Gasteiger partial charge in [-0.2, -0.15) is 0 Å². The number of nitrogens with one attached hydrogen (secondary N) is 1. The third-order valence-electron chi connectivity index (χ3n) is 4.28. The minimum Gasteiger partial charge on any atom is -0.459 e. The third kappa shape index (κ3) is 4.41. The molecule has 2 N–H and O–H groups in total. The van der Waals surface area contributed by atoms with Crippen LogP contribution in [0.2, 0.25) is 0 Å². The molecule has 0 radical (unpaired) electrons. The number of benzene rings is 2. The van der Waals surface area contributed by atoms with Crippen LogP contribution in [0.3, 0.4) is 0 Å². The number of hydrogen-bond donors (Lipinski definition) is 2.